The van der Waals surface area contributed by atoms with E-state index in [-0.39, 0.29) is 11.9 Å². The van der Waals surface area contributed by atoms with Gasteiger partial charge in [-0.25, -0.2) is 4.79 Å². The lowest BCUT2D eigenvalue weighted by atomic mass is 9.99. The summed E-state index contributed by atoms with van der Waals surface area (Å²) in [5.41, 5.74) is 0. The zero-order valence-electron chi connectivity index (χ0n) is 9.72. The van der Waals surface area contributed by atoms with Gasteiger partial charge in [0, 0.05) is 26.2 Å². The summed E-state index contributed by atoms with van der Waals surface area (Å²) in [6.07, 6.45) is 2.15. The molecule has 1 heterocycles. The van der Waals surface area contributed by atoms with E-state index in [1.54, 1.807) is 16.8 Å². The van der Waals surface area contributed by atoms with E-state index in [1.807, 2.05) is 6.92 Å². The Labute approximate surface area is 95.0 Å². The van der Waals surface area contributed by atoms with Gasteiger partial charge in [0.25, 0.3) is 0 Å². The number of hydrogen-bond donors (Lipinski definition) is 1. The van der Waals surface area contributed by atoms with Gasteiger partial charge in [-0.1, -0.05) is 6.92 Å². The molecule has 2 aliphatic rings. The van der Waals surface area contributed by atoms with Gasteiger partial charge in [-0.05, 0) is 18.8 Å². The molecule has 16 heavy (non-hydrogen) atoms. The number of aliphatic carboxylic acids is 1. The van der Waals surface area contributed by atoms with E-state index in [0.717, 1.165) is 12.8 Å². The summed E-state index contributed by atoms with van der Waals surface area (Å²) >= 11 is 0. The van der Waals surface area contributed by atoms with Gasteiger partial charge >= 0.3 is 12.0 Å². The van der Waals surface area contributed by atoms with E-state index < -0.39 is 11.9 Å². The lowest BCUT2D eigenvalue weighted by molar-refractivity contribution is -0.142. The van der Waals surface area contributed by atoms with Crippen LogP contribution in [0.3, 0.4) is 0 Å². The summed E-state index contributed by atoms with van der Waals surface area (Å²) in [5.74, 6) is -1.15. The highest BCUT2D eigenvalue weighted by Crippen LogP contribution is 2.29. The Hall–Kier alpha value is -1.26. The average Bonchev–Trinajstić information content (AvgIpc) is 2.99. The van der Waals surface area contributed by atoms with Crippen LogP contribution in [-0.4, -0.2) is 53.1 Å². The molecule has 0 bridgehead atoms. The van der Waals surface area contributed by atoms with Crippen LogP contribution in [0.4, 0.5) is 4.79 Å². The third-order valence-corrected chi connectivity index (χ3v) is 3.60. The zero-order chi connectivity index (χ0) is 11.9. The molecule has 90 valence electrons. The summed E-state index contributed by atoms with van der Waals surface area (Å²) in [5, 5.41) is 8.99. The van der Waals surface area contributed by atoms with E-state index in [2.05, 4.69) is 0 Å². The van der Waals surface area contributed by atoms with Gasteiger partial charge in [0.1, 0.15) is 0 Å². The summed E-state index contributed by atoms with van der Waals surface area (Å²) < 4.78 is 0. The van der Waals surface area contributed by atoms with Crippen molar-refractivity contribution in [2.45, 2.75) is 25.8 Å². The van der Waals surface area contributed by atoms with Crippen LogP contribution >= 0.6 is 0 Å². The first-order valence-corrected chi connectivity index (χ1v) is 5.75. The molecule has 0 aromatic heterocycles. The van der Waals surface area contributed by atoms with Crippen LogP contribution in [0.15, 0.2) is 0 Å². The van der Waals surface area contributed by atoms with Crippen LogP contribution in [0.5, 0.6) is 0 Å². The van der Waals surface area contributed by atoms with Gasteiger partial charge in [-0.2, -0.15) is 0 Å². The van der Waals surface area contributed by atoms with Gasteiger partial charge in [0.05, 0.1) is 5.92 Å². The topological polar surface area (TPSA) is 60.9 Å². The number of amides is 2. The first kappa shape index (κ1) is 11.2. The van der Waals surface area contributed by atoms with Gasteiger partial charge in [-0.15, -0.1) is 0 Å². The summed E-state index contributed by atoms with van der Waals surface area (Å²) in [6, 6.07) is 0.366. The van der Waals surface area contributed by atoms with Crippen LogP contribution in [0.25, 0.3) is 0 Å². The number of carboxylic acids is 1. The first-order valence-electron chi connectivity index (χ1n) is 5.75. The highest BCUT2D eigenvalue weighted by molar-refractivity contribution is 5.78. The lowest BCUT2D eigenvalue weighted by Gasteiger charge is -2.24. The number of carboxylic acid groups (broad SMARTS) is 1. The fourth-order valence-electron chi connectivity index (χ4n) is 2.29. The highest BCUT2D eigenvalue weighted by Gasteiger charge is 2.40. The maximum absolute atomic E-state index is 12.0. The fraction of sp³-hybridized carbons (Fsp3) is 0.818. The molecule has 5 heteroatoms. The second-order valence-electron chi connectivity index (χ2n) is 4.95. The quantitative estimate of drug-likeness (QED) is 0.759. The number of nitrogens with zero attached hydrogens (tertiary/aromatic N) is 2. The molecular formula is C11H18N2O3. The number of likely N-dealkylation sites (tertiary alicyclic amines) is 1. The Balaban J connectivity index is 1.96. The van der Waals surface area contributed by atoms with Gasteiger partial charge < -0.3 is 14.9 Å². The monoisotopic (exact) mass is 226 g/mol. The summed E-state index contributed by atoms with van der Waals surface area (Å²) in [6.45, 7) is 2.81. The van der Waals surface area contributed by atoms with Crippen LogP contribution in [0, 0.1) is 11.8 Å². The predicted octanol–water partition coefficient (Wildman–Crippen LogP) is 0.853. The SMILES string of the molecule is C[C@@H]1CN(C(=O)N(C)C2CC2)C[C@H]1C(=O)O. The molecule has 2 rings (SSSR count). The maximum Gasteiger partial charge on any atom is 0.320 e. The molecule has 0 aromatic carbocycles. The molecule has 1 aliphatic heterocycles. The molecule has 2 atom stereocenters. The van der Waals surface area contributed by atoms with Crippen molar-refractivity contribution >= 4 is 12.0 Å². The number of hydrogen-bond acceptors (Lipinski definition) is 2. The molecule has 5 nitrogen and oxygen atoms in total. The normalized spacial score (nSPS) is 29.2. The largest absolute Gasteiger partial charge is 0.481 e. The van der Waals surface area contributed by atoms with Crippen LogP contribution in [0.2, 0.25) is 0 Å². The van der Waals surface area contributed by atoms with Crippen molar-refractivity contribution in [1.29, 1.82) is 0 Å². The minimum Gasteiger partial charge on any atom is -0.481 e. The minimum atomic E-state index is -0.795. The highest BCUT2D eigenvalue weighted by atomic mass is 16.4. The van der Waals surface area contributed by atoms with Crippen molar-refractivity contribution in [2.75, 3.05) is 20.1 Å². The second-order valence-corrected chi connectivity index (χ2v) is 4.95. The average molecular weight is 226 g/mol. The molecular weight excluding hydrogens is 208 g/mol. The second kappa shape index (κ2) is 3.96. The molecule has 0 radical (unpaired) electrons. The Morgan fingerprint density at radius 2 is 1.94 bits per heavy atom. The minimum absolute atomic E-state index is 0.0156. The molecule has 0 unspecified atom stereocenters. The molecule has 0 spiro atoms. The van der Waals surface area contributed by atoms with Crippen molar-refractivity contribution in [1.82, 2.24) is 9.80 Å². The molecule has 1 N–H and O–H groups in total. The third-order valence-electron chi connectivity index (χ3n) is 3.60. The molecule has 1 aliphatic carbocycles. The van der Waals surface area contributed by atoms with Crippen molar-refractivity contribution < 1.29 is 14.7 Å². The van der Waals surface area contributed by atoms with E-state index in [1.165, 1.54) is 0 Å². The Morgan fingerprint density at radius 3 is 2.38 bits per heavy atom. The van der Waals surface area contributed by atoms with E-state index in [0.29, 0.717) is 19.1 Å². The van der Waals surface area contributed by atoms with Crippen molar-refractivity contribution in [3.8, 4) is 0 Å². The van der Waals surface area contributed by atoms with Gasteiger partial charge in [0.2, 0.25) is 0 Å². The molecule has 1 saturated heterocycles. The first-order chi connectivity index (χ1) is 7.50. The summed E-state index contributed by atoms with van der Waals surface area (Å²) in [4.78, 5) is 26.4. The Morgan fingerprint density at radius 1 is 1.31 bits per heavy atom. The smallest absolute Gasteiger partial charge is 0.320 e. The number of carbonyl (C=O) groups excluding carboxylic acids is 1. The molecule has 1 saturated carbocycles. The maximum atomic E-state index is 12.0. The van der Waals surface area contributed by atoms with Crippen molar-refractivity contribution in [3.63, 3.8) is 0 Å². The Bertz CT molecular complexity index is 314. The van der Waals surface area contributed by atoms with E-state index in [4.69, 9.17) is 5.11 Å². The van der Waals surface area contributed by atoms with E-state index >= 15 is 0 Å². The number of carbonyl (C=O) groups is 2. The number of urea groups is 1. The van der Waals surface area contributed by atoms with Crippen LogP contribution < -0.4 is 0 Å². The summed E-state index contributed by atoms with van der Waals surface area (Å²) in [7, 11) is 1.80. The zero-order valence-corrected chi connectivity index (χ0v) is 9.72. The molecule has 0 aromatic rings. The van der Waals surface area contributed by atoms with Gasteiger partial charge in [0.15, 0.2) is 0 Å². The fourth-order valence-corrected chi connectivity index (χ4v) is 2.29. The van der Waals surface area contributed by atoms with Crippen molar-refractivity contribution in [3.05, 3.63) is 0 Å². The lowest BCUT2D eigenvalue weighted by Crippen LogP contribution is -2.41. The van der Waals surface area contributed by atoms with Gasteiger partial charge in [-0.3, -0.25) is 4.79 Å². The predicted molar refractivity (Wildman–Crippen MR) is 58.0 cm³/mol. The van der Waals surface area contributed by atoms with Crippen molar-refractivity contribution in [2.24, 2.45) is 11.8 Å². The van der Waals surface area contributed by atoms with Crippen LogP contribution in [-0.2, 0) is 4.79 Å². The Kier molecular flexibility index (Phi) is 2.78. The number of rotatable bonds is 2. The third kappa shape index (κ3) is 1.99. The van der Waals surface area contributed by atoms with Crippen LogP contribution in [0.1, 0.15) is 19.8 Å². The standard InChI is InChI=1S/C11H18N2O3/c1-7-5-13(6-9(7)10(14)15)11(16)12(2)8-3-4-8/h7-9H,3-6H2,1-2H3,(H,14,15)/t7-,9-/m1/s1. The molecule has 2 amide bonds. The van der Waals surface area contributed by atoms with E-state index in [9.17, 15) is 9.59 Å². The molecule has 2 fully saturated rings.